The number of hydrogen-bond donors (Lipinski definition) is 1. The molecule has 1 atom stereocenters. The molecule has 2 nitrogen and oxygen atoms in total. The largest absolute Gasteiger partial charge is 0.497 e. The molecule has 0 aliphatic rings. The van der Waals surface area contributed by atoms with Crippen LogP contribution in [0.1, 0.15) is 24.1 Å². The summed E-state index contributed by atoms with van der Waals surface area (Å²) in [4.78, 5) is 0. The van der Waals surface area contributed by atoms with E-state index >= 15 is 0 Å². The van der Waals surface area contributed by atoms with Gasteiger partial charge in [-0.1, -0.05) is 64.3 Å². The molecule has 0 heterocycles. The van der Waals surface area contributed by atoms with Crippen LogP contribution in [0.15, 0.2) is 40.9 Å². The van der Waals surface area contributed by atoms with E-state index in [1.54, 1.807) is 13.2 Å². The molecule has 0 radical (unpaired) electrons. The van der Waals surface area contributed by atoms with Gasteiger partial charge in [-0.15, -0.1) is 0 Å². The minimum absolute atomic E-state index is 0.0403. The molecule has 0 saturated heterocycles. The summed E-state index contributed by atoms with van der Waals surface area (Å²) >= 11 is 16.1. The van der Waals surface area contributed by atoms with Crippen molar-refractivity contribution in [3.05, 3.63) is 62.0 Å². The molecule has 0 aliphatic heterocycles. The van der Waals surface area contributed by atoms with Crippen molar-refractivity contribution in [3.63, 3.8) is 0 Å². The maximum absolute atomic E-state index is 6.37. The minimum atomic E-state index is -0.0403. The van der Waals surface area contributed by atoms with Crippen molar-refractivity contribution in [2.75, 3.05) is 13.7 Å². The van der Waals surface area contributed by atoms with Crippen LogP contribution in [0.2, 0.25) is 10.0 Å². The maximum Gasteiger partial charge on any atom is 0.120 e. The van der Waals surface area contributed by atoms with Crippen molar-refractivity contribution in [3.8, 4) is 5.75 Å². The lowest BCUT2D eigenvalue weighted by Crippen LogP contribution is -2.22. The Kier molecular flexibility index (Phi) is 5.94. The van der Waals surface area contributed by atoms with Crippen molar-refractivity contribution >= 4 is 39.1 Å². The monoisotopic (exact) mass is 387 g/mol. The normalized spacial score (nSPS) is 12.2. The van der Waals surface area contributed by atoms with Gasteiger partial charge in [0.2, 0.25) is 0 Å². The topological polar surface area (TPSA) is 21.3 Å². The summed E-state index contributed by atoms with van der Waals surface area (Å²) in [6.45, 7) is 2.87. The number of halogens is 3. The summed E-state index contributed by atoms with van der Waals surface area (Å²) in [7, 11) is 1.65. The zero-order chi connectivity index (χ0) is 15.4. The summed E-state index contributed by atoms with van der Waals surface area (Å²) in [6, 6.07) is 11.5. The summed E-state index contributed by atoms with van der Waals surface area (Å²) in [5.41, 5.74) is 2.04. The van der Waals surface area contributed by atoms with Crippen molar-refractivity contribution in [1.82, 2.24) is 5.32 Å². The number of methoxy groups -OCH3 is 1. The van der Waals surface area contributed by atoms with Gasteiger partial charge >= 0.3 is 0 Å². The second-order valence-corrected chi connectivity index (χ2v) is 6.16. The highest BCUT2D eigenvalue weighted by atomic mass is 79.9. The first kappa shape index (κ1) is 16.6. The molecule has 0 amide bonds. The first-order valence-electron chi connectivity index (χ1n) is 6.59. The van der Waals surface area contributed by atoms with Crippen LogP contribution < -0.4 is 10.1 Å². The zero-order valence-corrected chi connectivity index (χ0v) is 14.9. The second kappa shape index (κ2) is 7.50. The van der Waals surface area contributed by atoms with Crippen LogP contribution in [0.4, 0.5) is 0 Å². The third kappa shape index (κ3) is 3.72. The maximum atomic E-state index is 6.37. The van der Waals surface area contributed by atoms with Gasteiger partial charge < -0.3 is 10.1 Å². The van der Waals surface area contributed by atoms with Crippen molar-refractivity contribution in [2.45, 2.75) is 13.0 Å². The Bertz CT molecular complexity index is 634. The highest BCUT2D eigenvalue weighted by Crippen LogP contribution is 2.36. The fourth-order valence-corrected chi connectivity index (χ4v) is 3.21. The SMILES string of the molecule is CCNC(c1ccc(OC)cc1Br)c1cccc(Cl)c1Cl. The Labute approximate surface area is 143 Å². The van der Waals surface area contributed by atoms with Gasteiger partial charge in [-0.2, -0.15) is 0 Å². The lowest BCUT2D eigenvalue weighted by Gasteiger charge is -2.22. The van der Waals surface area contributed by atoms with E-state index in [0.717, 1.165) is 27.9 Å². The van der Waals surface area contributed by atoms with Crippen molar-refractivity contribution in [2.24, 2.45) is 0 Å². The molecule has 1 unspecified atom stereocenters. The van der Waals surface area contributed by atoms with Gasteiger partial charge in [-0.25, -0.2) is 0 Å². The number of ether oxygens (including phenoxy) is 1. The molecule has 0 aromatic heterocycles. The van der Waals surface area contributed by atoms with E-state index in [2.05, 4.69) is 28.2 Å². The molecular formula is C16H16BrCl2NO. The molecule has 0 bridgehead atoms. The van der Waals surface area contributed by atoms with Crippen LogP contribution in [-0.2, 0) is 0 Å². The van der Waals surface area contributed by atoms with E-state index in [9.17, 15) is 0 Å². The van der Waals surface area contributed by atoms with E-state index in [4.69, 9.17) is 27.9 Å². The molecule has 112 valence electrons. The van der Waals surface area contributed by atoms with Crippen LogP contribution >= 0.6 is 39.1 Å². The van der Waals surface area contributed by atoms with Gasteiger partial charge in [-0.3, -0.25) is 0 Å². The lowest BCUT2D eigenvalue weighted by molar-refractivity contribution is 0.414. The Hall–Kier alpha value is -0.740. The number of nitrogens with one attached hydrogen (secondary N) is 1. The highest BCUT2D eigenvalue weighted by Gasteiger charge is 2.20. The highest BCUT2D eigenvalue weighted by molar-refractivity contribution is 9.10. The molecule has 5 heteroatoms. The third-order valence-corrected chi connectivity index (χ3v) is 4.74. The zero-order valence-electron chi connectivity index (χ0n) is 11.8. The van der Waals surface area contributed by atoms with E-state index < -0.39 is 0 Å². The molecule has 2 aromatic carbocycles. The lowest BCUT2D eigenvalue weighted by atomic mass is 9.98. The number of hydrogen-bond acceptors (Lipinski definition) is 2. The van der Waals surface area contributed by atoms with Crippen molar-refractivity contribution in [1.29, 1.82) is 0 Å². The van der Waals surface area contributed by atoms with Gasteiger partial charge in [0.15, 0.2) is 0 Å². The summed E-state index contributed by atoms with van der Waals surface area (Å²) in [6.07, 6.45) is 0. The van der Waals surface area contributed by atoms with Gasteiger partial charge in [-0.05, 0) is 35.9 Å². The average Bonchev–Trinajstić information content (AvgIpc) is 2.48. The molecule has 0 saturated carbocycles. The van der Waals surface area contributed by atoms with Crippen LogP contribution in [0, 0.1) is 0 Å². The molecule has 1 N–H and O–H groups in total. The molecule has 0 aliphatic carbocycles. The van der Waals surface area contributed by atoms with Crippen LogP contribution in [0.3, 0.4) is 0 Å². The fourth-order valence-electron chi connectivity index (χ4n) is 2.20. The number of rotatable bonds is 5. The van der Waals surface area contributed by atoms with E-state index in [1.165, 1.54) is 0 Å². The van der Waals surface area contributed by atoms with Crippen molar-refractivity contribution < 1.29 is 4.74 Å². The first-order valence-corrected chi connectivity index (χ1v) is 8.14. The van der Waals surface area contributed by atoms with Gasteiger partial charge in [0.1, 0.15) is 5.75 Å². The quantitative estimate of drug-likeness (QED) is 0.733. The molecule has 0 spiro atoms. The Morgan fingerprint density at radius 3 is 2.57 bits per heavy atom. The predicted molar refractivity (Wildman–Crippen MR) is 92.7 cm³/mol. The Balaban J connectivity index is 2.51. The smallest absolute Gasteiger partial charge is 0.120 e. The fraction of sp³-hybridized carbons (Fsp3) is 0.250. The molecule has 2 rings (SSSR count). The van der Waals surface area contributed by atoms with E-state index in [0.29, 0.717) is 10.0 Å². The van der Waals surface area contributed by atoms with Crippen LogP contribution in [-0.4, -0.2) is 13.7 Å². The first-order chi connectivity index (χ1) is 10.1. The Morgan fingerprint density at radius 2 is 1.95 bits per heavy atom. The van der Waals surface area contributed by atoms with Gasteiger partial charge in [0.25, 0.3) is 0 Å². The van der Waals surface area contributed by atoms with Crippen LogP contribution in [0.25, 0.3) is 0 Å². The number of benzene rings is 2. The Morgan fingerprint density at radius 1 is 1.19 bits per heavy atom. The van der Waals surface area contributed by atoms with Gasteiger partial charge in [0.05, 0.1) is 23.2 Å². The molecule has 0 fully saturated rings. The summed E-state index contributed by atoms with van der Waals surface area (Å²) in [5, 5.41) is 4.58. The van der Waals surface area contributed by atoms with E-state index in [1.807, 2.05) is 30.3 Å². The van der Waals surface area contributed by atoms with Crippen LogP contribution in [0.5, 0.6) is 5.75 Å². The summed E-state index contributed by atoms with van der Waals surface area (Å²) in [5.74, 6) is 0.804. The standard InChI is InChI=1S/C16H16BrCl2NO/c1-3-20-16(12-5-4-6-14(18)15(12)19)11-8-7-10(21-2)9-13(11)17/h4-9,16,20H,3H2,1-2H3. The molecule has 21 heavy (non-hydrogen) atoms. The van der Waals surface area contributed by atoms with Gasteiger partial charge in [0, 0.05) is 4.47 Å². The molecular weight excluding hydrogens is 373 g/mol. The summed E-state index contributed by atoms with van der Waals surface area (Å²) < 4.78 is 6.20. The third-order valence-electron chi connectivity index (χ3n) is 3.22. The average molecular weight is 389 g/mol. The predicted octanol–water partition coefficient (Wildman–Crippen LogP) is 5.46. The van der Waals surface area contributed by atoms with E-state index in [-0.39, 0.29) is 6.04 Å². The minimum Gasteiger partial charge on any atom is -0.497 e. The second-order valence-electron chi connectivity index (χ2n) is 4.52. The molecule has 2 aromatic rings.